The van der Waals surface area contributed by atoms with Crippen molar-refractivity contribution in [3.8, 4) is 17.2 Å². The van der Waals surface area contributed by atoms with Crippen LogP contribution in [-0.4, -0.2) is 85.2 Å². The topological polar surface area (TPSA) is 133 Å². The minimum Gasteiger partial charge on any atom is -0.462 e. The van der Waals surface area contributed by atoms with Crippen molar-refractivity contribution in [3.63, 3.8) is 0 Å². The first-order valence-electron chi connectivity index (χ1n) is 14.4. The van der Waals surface area contributed by atoms with Gasteiger partial charge in [0, 0.05) is 73.5 Å². The number of rotatable bonds is 7. The van der Waals surface area contributed by atoms with Crippen LogP contribution >= 0.6 is 0 Å². The van der Waals surface area contributed by atoms with Crippen LogP contribution in [0.25, 0.3) is 22.2 Å². The fraction of sp³-hybridized carbons (Fsp3) is 0.400. The second kappa shape index (κ2) is 11.6. The molecular weight excluding hydrogens is 596 g/mol. The largest absolute Gasteiger partial charge is 0.462 e. The van der Waals surface area contributed by atoms with Crippen LogP contribution in [0.4, 0.5) is 17.6 Å². The second-order valence-electron chi connectivity index (χ2n) is 11.2. The quantitative estimate of drug-likeness (QED) is 0.237. The van der Waals surface area contributed by atoms with Crippen LogP contribution in [0, 0.1) is 17.1 Å². The number of pyridine rings is 2. The van der Waals surface area contributed by atoms with Gasteiger partial charge in [0.2, 0.25) is 0 Å². The third-order valence-corrected chi connectivity index (χ3v) is 8.50. The molecule has 11 nitrogen and oxygen atoms in total. The van der Waals surface area contributed by atoms with Gasteiger partial charge in [-0.1, -0.05) is 0 Å². The van der Waals surface area contributed by atoms with Gasteiger partial charge in [0.05, 0.1) is 36.4 Å². The molecule has 234 valence electrons. The summed E-state index contributed by atoms with van der Waals surface area (Å²) in [5.74, 6) is -2.98. The number of aromatic amines is 1. The van der Waals surface area contributed by atoms with Crippen LogP contribution in [0.5, 0.6) is 0 Å². The first-order valence-corrected chi connectivity index (χ1v) is 14.4. The number of fused-ring (bicyclic) bond motifs is 1. The number of nitrogens with one attached hydrogen (secondary N) is 1. The maximum Gasteiger partial charge on any atom is 0.436 e. The maximum atomic E-state index is 14.5. The number of nitriles is 1. The molecule has 0 saturated carbocycles. The summed E-state index contributed by atoms with van der Waals surface area (Å²) in [6, 6.07) is 5.11. The average Bonchev–Trinajstić information content (AvgIpc) is 3.68. The van der Waals surface area contributed by atoms with E-state index in [1.807, 2.05) is 12.3 Å². The van der Waals surface area contributed by atoms with Crippen molar-refractivity contribution in [2.24, 2.45) is 0 Å². The van der Waals surface area contributed by atoms with Gasteiger partial charge in [0.15, 0.2) is 11.5 Å². The van der Waals surface area contributed by atoms with Crippen molar-refractivity contribution >= 4 is 22.9 Å². The summed E-state index contributed by atoms with van der Waals surface area (Å²) in [6.45, 7) is 3.43. The molecule has 4 aromatic heterocycles. The average molecular weight is 625 g/mol. The van der Waals surface area contributed by atoms with E-state index in [0.29, 0.717) is 48.3 Å². The van der Waals surface area contributed by atoms with Crippen molar-refractivity contribution in [2.75, 3.05) is 32.8 Å². The molecule has 6 rings (SSSR count). The van der Waals surface area contributed by atoms with Crippen molar-refractivity contribution in [3.05, 3.63) is 65.8 Å². The number of likely N-dealkylation sites (tertiary alicyclic amines) is 2. The number of nitrogens with zero attached hydrogens (tertiary/aromatic N) is 7. The highest BCUT2D eigenvalue weighted by molar-refractivity contribution is 6.06. The van der Waals surface area contributed by atoms with E-state index < -0.39 is 40.7 Å². The van der Waals surface area contributed by atoms with Crippen LogP contribution in [0.15, 0.2) is 43.1 Å². The van der Waals surface area contributed by atoms with Crippen LogP contribution in [0.2, 0.25) is 0 Å². The fourth-order valence-corrected chi connectivity index (χ4v) is 6.26. The number of carbonyl (C=O) groups excluding carboxylic acids is 2. The van der Waals surface area contributed by atoms with E-state index >= 15 is 0 Å². The number of aromatic nitrogens is 5. The molecular formula is C30H28F4N8O3. The normalized spacial score (nSPS) is 17.2. The number of H-pyrrole nitrogens is 1. The Kier molecular flexibility index (Phi) is 7.77. The molecule has 15 heteroatoms. The standard InChI is InChI=1S/C30H28F4N8O3/c1-2-45-28(44)22-14-38-26-20(3-10-37-26)23(22)18-13-39-42(15-18)29(7-8-35)16-41(17-29)19-5-11-40(12-6-19)27(43)21-4-9-36-25(24(21)31)30(32,33)34/h3-4,9-10,13-15,19H,2,5-7,11-12,16-17H2,1H3,(H,37,38). The Morgan fingerprint density at radius 3 is 2.60 bits per heavy atom. The van der Waals surface area contributed by atoms with Crippen molar-refractivity contribution in [1.82, 2.24) is 34.5 Å². The Bertz CT molecular complexity index is 1800. The van der Waals surface area contributed by atoms with Crippen LogP contribution in [0.1, 0.15) is 52.6 Å². The van der Waals surface area contributed by atoms with Gasteiger partial charge in [-0.05, 0) is 31.9 Å². The predicted molar refractivity (Wildman–Crippen MR) is 151 cm³/mol. The van der Waals surface area contributed by atoms with E-state index in [0.717, 1.165) is 17.6 Å². The molecule has 4 aromatic rings. The number of alkyl halides is 3. The van der Waals surface area contributed by atoms with Crippen LogP contribution < -0.4 is 0 Å². The number of hydrogen-bond acceptors (Lipinski definition) is 8. The number of hydrogen-bond donors (Lipinski definition) is 1. The third kappa shape index (κ3) is 5.39. The van der Waals surface area contributed by atoms with E-state index in [1.54, 1.807) is 24.0 Å². The molecule has 1 amide bonds. The van der Waals surface area contributed by atoms with E-state index in [1.165, 1.54) is 11.1 Å². The van der Waals surface area contributed by atoms with E-state index in [9.17, 15) is 32.4 Å². The van der Waals surface area contributed by atoms with Gasteiger partial charge in [-0.25, -0.2) is 19.2 Å². The third-order valence-electron chi connectivity index (χ3n) is 8.50. The highest BCUT2D eigenvalue weighted by atomic mass is 19.4. The smallest absolute Gasteiger partial charge is 0.436 e. The summed E-state index contributed by atoms with van der Waals surface area (Å²) in [5, 5.41) is 15.0. The highest BCUT2D eigenvalue weighted by Gasteiger charge is 2.48. The monoisotopic (exact) mass is 624 g/mol. The number of amides is 1. The molecule has 0 spiro atoms. The molecule has 0 bridgehead atoms. The van der Waals surface area contributed by atoms with Crippen molar-refractivity contribution < 1.29 is 31.9 Å². The molecule has 0 radical (unpaired) electrons. The van der Waals surface area contributed by atoms with Gasteiger partial charge in [0.25, 0.3) is 5.91 Å². The SMILES string of the molecule is CCOC(=O)c1cnc2[nH]ccc2c1-c1cnn(C2(CC#N)CN(C3CCN(C(=O)c4ccnc(C(F)(F)F)c4F)CC3)C2)c1. The van der Waals surface area contributed by atoms with E-state index in [4.69, 9.17) is 4.74 Å². The molecule has 0 unspecified atom stereocenters. The van der Waals surface area contributed by atoms with Gasteiger partial charge in [-0.2, -0.15) is 23.5 Å². The van der Waals surface area contributed by atoms with Gasteiger partial charge < -0.3 is 14.6 Å². The van der Waals surface area contributed by atoms with Crippen LogP contribution in [0.3, 0.4) is 0 Å². The highest BCUT2D eigenvalue weighted by Crippen LogP contribution is 2.39. The molecule has 45 heavy (non-hydrogen) atoms. The zero-order chi connectivity index (χ0) is 31.9. The minimum atomic E-state index is -5.01. The summed E-state index contributed by atoms with van der Waals surface area (Å²) in [5.41, 5.74) is -0.788. The number of esters is 1. The number of piperidine rings is 1. The molecule has 2 aliphatic heterocycles. The molecule has 2 aliphatic rings. The molecule has 6 heterocycles. The Morgan fingerprint density at radius 2 is 1.91 bits per heavy atom. The Labute approximate surface area is 254 Å². The molecule has 0 atom stereocenters. The van der Waals surface area contributed by atoms with E-state index in [-0.39, 0.29) is 32.2 Å². The van der Waals surface area contributed by atoms with Crippen molar-refractivity contribution in [2.45, 2.75) is 43.9 Å². The van der Waals surface area contributed by atoms with Gasteiger partial charge in [-0.15, -0.1) is 0 Å². The minimum absolute atomic E-state index is 0.0546. The summed E-state index contributed by atoms with van der Waals surface area (Å²) in [7, 11) is 0. The van der Waals surface area contributed by atoms with Crippen LogP contribution in [-0.2, 0) is 16.5 Å². The molecule has 2 saturated heterocycles. The Balaban J connectivity index is 1.16. The second-order valence-corrected chi connectivity index (χ2v) is 11.2. The molecule has 0 aliphatic carbocycles. The fourth-order valence-electron chi connectivity index (χ4n) is 6.26. The zero-order valence-electron chi connectivity index (χ0n) is 24.1. The molecule has 0 aromatic carbocycles. The van der Waals surface area contributed by atoms with E-state index in [2.05, 4.69) is 31.0 Å². The zero-order valence-corrected chi connectivity index (χ0v) is 24.1. The van der Waals surface area contributed by atoms with Crippen molar-refractivity contribution in [1.29, 1.82) is 5.26 Å². The molecule has 2 fully saturated rings. The van der Waals surface area contributed by atoms with Gasteiger partial charge in [-0.3, -0.25) is 14.4 Å². The van der Waals surface area contributed by atoms with Gasteiger partial charge in [0.1, 0.15) is 11.2 Å². The number of ether oxygens (including phenoxy) is 1. The van der Waals surface area contributed by atoms with Gasteiger partial charge >= 0.3 is 12.1 Å². The first kappa shape index (κ1) is 30.2. The Morgan fingerprint density at radius 1 is 1.16 bits per heavy atom. The lowest BCUT2D eigenvalue weighted by Crippen LogP contribution is -2.66. The number of halogens is 4. The first-order chi connectivity index (χ1) is 21.6. The lowest BCUT2D eigenvalue weighted by Gasteiger charge is -2.53. The summed E-state index contributed by atoms with van der Waals surface area (Å²) < 4.78 is 60.8. The summed E-state index contributed by atoms with van der Waals surface area (Å²) in [4.78, 5) is 39.7. The number of carbonyl (C=O) groups is 2. The summed E-state index contributed by atoms with van der Waals surface area (Å²) in [6.07, 6.45) is 3.69. The maximum absolute atomic E-state index is 14.5. The lowest BCUT2D eigenvalue weighted by atomic mass is 9.83. The lowest BCUT2D eigenvalue weighted by molar-refractivity contribution is -0.143. The molecule has 1 N–H and O–H groups in total. The Hall–Kier alpha value is -4.84. The predicted octanol–water partition coefficient (Wildman–Crippen LogP) is 4.39. The summed E-state index contributed by atoms with van der Waals surface area (Å²) >= 11 is 0.